The summed E-state index contributed by atoms with van der Waals surface area (Å²) in [5.74, 6) is 0.597. The fourth-order valence-electron chi connectivity index (χ4n) is 2.50. The summed E-state index contributed by atoms with van der Waals surface area (Å²) >= 11 is 0. The number of rotatable bonds is 8. The monoisotopic (exact) mass is 292 g/mol. The first-order chi connectivity index (χ1) is 9.81. The van der Waals surface area contributed by atoms with E-state index in [1.807, 2.05) is 12.1 Å². The molecule has 0 radical (unpaired) electrons. The van der Waals surface area contributed by atoms with Crippen molar-refractivity contribution in [3.8, 4) is 0 Å². The van der Waals surface area contributed by atoms with E-state index >= 15 is 0 Å². The van der Waals surface area contributed by atoms with E-state index in [2.05, 4.69) is 63.7 Å². The topological polar surface area (TPSA) is 26.7 Å². The van der Waals surface area contributed by atoms with E-state index in [0.29, 0.717) is 5.92 Å². The Kier molecular flexibility index (Phi) is 7.36. The summed E-state index contributed by atoms with van der Waals surface area (Å²) in [6.07, 6.45) is -0.438. The molecular weight excluding hydrogens is 260 g/mol. The maximum atomic E-state index is 10.7. The van der Waals surface area contributed by atoms with Crippen molar-refractivity contribution in [1.82, 2.24) is 9.80 Å². The Balaban J connectivity index is 2.77. The van der Waals surface area contributed by atoms with E-state index in [-0.39, 0.29) is 6.04 Å². The number of aliphatic hydroxyl groups is 1. The Hall–Kier alpha value is -0.900. The van der Waals surface area contributed by atoms with Crippen LogP contribution in [0.3, 0.4) is 0 Å². The Labute approximate surface area is 130 Å². The quantitative estimate of drug-likeness (QED) is 0.798. The summed E-state index contributed by atoms with van der Waals surface area (Å²) < 4.78 is 0. The highest BCUT2D eigenvalue weighted by Gasteiger charge is 2.23. The first kappa shape index (κ1) is 18.1. The predicted octanol–water partition coefficient (Wildman–Crippen LogP) is 2.94. The number of benzene rings is 1. The van der Waals surface area contributed by atoms with Crippen LogP contribution in [0.4, 0.5) is 0 Å². The van der Waals surface area contributed by atoms with E-state index in [4.69, 9.17) is 0 Å². The number of hydrogen-bond donors (Lipinski definition) is 1. The smallest absolute Gasteiger partial charge is 0.0942 e. The molecule has 0 aliphatic carbocycles. The van der Waals surface area contributed by atoms with Crippen molar-refractivity contribution < 1.29 is 5.11 Å². The summed E-state index contributed by atoms with van der Waals surface area (Å²) in [6, 6.07) is 8.33. The molecule has 120 valence electrons. The molecule has 0 aromatic heterocycles. The highest BCUT2D eigenvalue weighted by Crippen LogP contribution is 2.22. The second-order valence-electron chi connectivity index (χ2n) is 6.79. The second-order valence-corrected chi connectivity index (χ2v) is 6.79. The van der Waals surface area contributed by atoms with Crippen molar-refractivity contribution in [3.05, 3.63) is 35.4 Å². The average Bonchev–Trinajstić information content (AvgIpc) is 2.42. The zero-order valence-electron chi connectivity index (χ0n) is 14.5. The standard InChI is InChI=1S/C18H32N2O/c1-14(2)13-20(12-11-19(5)6)16(4)18(21)17-9-7-15(3)8-10-17/h7-10,14,16,18,21H,11-13H2,1-6H3. The van der Waals surface area contributed by atoms with Gasteiger partial charge in [0.15, 0.2) is 0 Å². The summed E-state index contributed by atoms with van der Waals surface area (Å²) in [6.45, 7) is 11.7. The molecule has 2 atom stereocenters. The van der Waals surface area contributed by atoms with Crippen LogP contribution in [0.2, 0.25) is 0 Å². The van der Waals surface area contributed by atoms with Crippen molar-refractivity contribution in [2.45, 2.75) is 39.8 Å². The number of aliphatic hydroxyl groups excluding tert-OH is 1. The maximum Gasteiger partial charge on any atom is 0.0942 e. The van der Waals surface area contributed by atoms with Gasteiger partial charge >= 0.3 is 0 Å². The molecule has 0 bridgehead atoms. The molecule has 3 nitrogen and oxygen atoms in total. The summed E-state index contributed by atoms with van der Waals surface area (Å²) in [4.78, 5) is 4.59. The lowest BCUT2D eigenvalue weighted by Gasteiger charge is -2.34. The van der Waals surface area contributed by atoms with Gasteiger partial charge in [-0.25, -0.2) is 0 Å². The third-order valence-corrected chi connectivity index (χ3v) is 3.89. The third-order valence-electron chi connectivity index (χ3n) is 3.89. The highest BCUT2D eigenvalue weighted by atomic mass is 16.3. The van der Waals surface area contributed by atoms with Gasteiger partial charge in [0.2, 0.25) is 0 Å². The van der Waals surface area contributed by atoms with E-state index in [1.165, 1.54) is 5.56 Å². The fourth-order valence-corrected chi connectivity index (χ4v) is 2.50. The minimum Gasteiger partial charge on any atom is -0.387 e. The zero-order valence-corrected chi connectivity index (χ0v) is 14.5. The van der Waals surface area contributed by atoms with E-state index in [0.717, 1.165) is 25.2 Å². The minimum absolute atomic E-state index is 0.120. The zero-order chi connectivity index (χ0) is 16.0. The molecule has 1 rings (SSSR count). The van der Waals surface area contributed by atoms with Gasteiger partial charge in [-0.2, -0.15) is 0 Å². The lowest BCUT2D eigenvalue weighted by atomic mass is 10.00. The lowest BCUT2D eigenvalue weighted by molar-refractivity contribution is 0.0476. The molecule has 3 heteroatoms. The Morgan fingerprint density at radius 1 is 1.00 bits per heavy atom. The van der Waals surface area contributed by atoms with Crippen molar-refractivity contribution in [1.29, 1.82) is 0 Å². The SMILES string of the molecule is Cc1ccc(C(O)C(C)N(CCN(C)C)CC(C)C)cc1. The number of hydrogen-bond acceptors (Lipinski definition) is 3. The maximum absolute atomic E-state index is 10.7. The molecule has 0 aliphatic heterocycles. The number of nitrogens with zero attached hydrogens (tertiary/aromatic N) is 2. The molecule has 0 fully saturated rings. The van der Waals surface area contributed by atoms with Crippen molar-refractivity contribution >= 4 is 0 Å². The molecule has 0 amide bonds. The molecule has 21 heavy (non-hydrogen) atoms. The molecule has 1 aromatic rings. The van der Waals surface area contributed by atoms with Crippen LogP contribution in [0.15, 0.2) is 24.3 Å². The van der Waals surface area contributed by atoms with E-state index in [9.17, 15) is 5.11 Å². The second kappa shape index (κ2) is 8.52. The van der Waals surface area contributed by atoms with Gasteiger partial charge in [0.25, 0.3) is 0 Å². The average molecular weight is 292 g/mol. The predicted molar refractivity (Wildman–Crippen MR) is 90.6 cm³/mol. The van der Waals surface area contributed by atoms with Gasteiger partial charge in [-0.3, -0.25) is 4.90 Å². The van der Waals surface area contributed by atoms with Crippen LogP contribution in [0.5, 0.6) is 0 Å². The first-order valence-corrected chi connectivity index (χ1v) is 7.94. The molecule has 0 saturated heterocycles. The Bertz CT molecular complexity index is 400. The minimum atomic E-state index is -0.438. The highest BCUT2D eigenvalue weighted by molar-refractivity contribution is 5.24. The normalized spacial score (nSPS) is 15.0. The van der Waals surface area contributed by atoms with Gasteiger partial charge in [0, 0.05) is 25.7 Å². The van der Waals surface area contributed by atoms with E-state index in [1.54, 1.807) is 0 Å². The summed E-state index contributed by atoms with van der Waals surface area (Å²) in [5.41, 5.74) is 2.23. The van der Waals surface area contributed by atoms with Gasteiger partial charge in [-0.15, -0.1) is 0 Å². The van der Waals surface area contributed by atoms with Crippen LogP contribution in [-0.2, 0) is 0 Å². The fraction of sp³-hybridized carbons (Fsp3) is 0.667. The van der Waals surface area contributed by atoms with Crippen molar-refractivity contribution in [3.63, 3.8) is 0 Å². The largest absolute Gasteiger partial charge is 0.387 e. The van der Waals surface area contributed by atoms with Crippen LogP contribution >= 0.6 is 0 Å². The summed E-state index contributed by atoms with van der Waals surface area (Å²) in [5, 5.41) is 10.7. The van der Waals surface area contributed by atoms with Crippen LogP contribution in [0, 0.1) is 12.8 Å². The molecule has 0 aliphatic rings. The van der Waals surface area contributed by atoms with Gasteiger partial charge in [-0.1, -0.05) is 43.7 Å². The molecule has 1 N–H and O–H groups in total. The van der Waals surface area contributed by atoms with Gasteiger partial charge in [-0.05, 0) is 39.4 Å². The van der Waals surface area contributed by atoms with Crippen molar-refractivity contribution in [2.24, 2.45) is 5.92 Å². The van der Waals surface area contributed by atoms with Crippen molar-refractivity contribution in [2.75, 3.05) is 33.7 Å². The Morgan fingerprint density at radius 3 is 2.05 bits per heavy atom. The van der Waals surface area contributed by atoms with Crippen LogP contribution in [-0.4, -0.2) is 54.7 Å². The Morgan fingerprint density at radius 2 is 1.57 bits per heavy atom. The lowest BCUT2D eigenvalue weighted by Crippen LogP contribution is -2.43. The molecule has 0 spiro atoms. The van der Waals surface area contributed by atoms with Gasteiger partial charge in [0.1, 0.15) is 0 Å². The summed E-state index contributed by atoms with van der Waals surface area (Å²) in [7, 11) is 4.18. The first-order valence-electron chi connectivity index (χ1n) is 7.94. The van der Waals surface area contributed by atoms with Crippen LogP contribution in [0.25, 0.3) is 0 Å². The molecule has 2 unspecified atom stereocenters. The number of likely N-dealkylation sites (N-methyl/N-ethyl adjacent to an activating group) is 1. The third kappa shape index (κ3) is 6.16. The van der Waals surface area contributed by atoms with E-state index < -0.39 is 6.10 Å². The van der Waals surface area contributed by atoms with Gasteiger partial charge in [0.05, 0.1) is 6.10 Å². The molecule has 1 aromatic carbocycles. The number of aryl methyl sites for hydroxylation is 1. The van der Waals surface area contributed by atoms with Crippen LogP contribution in [0.1, 0.15) is 38.0 Å². The molecule has 0 saturated carbocycles. The van der Waals surface area contributed by atoms with Gasteiger partial charge < -0.3 is 10.0 Å². The molecule has 0 heterocycles. The molecular formula is C18H32N2O. The van der Waals surface area contributed by atoms with Crippen LogP contribution < -0.4 is 0 Å².